The fraction of sp³-hybridized carbons (Fsp3) is 0.476. The van der Waals surface area contributed by atoms with Crippen molar-refractivity contribution in [2.24, 2.45) is 0 Å². The SMILES string of the molecule is Cc1nnn(Cc2cc(Cl)ccc2C=CC(=O)N2CCN(C(=O)OC(C)(C)C)CC2)n1. The molecular formula is C21H27ClN6O3. The minimum Gasteiger partial charge on any atom is -0.444 e. The lowest BCUT2D eigenvalue weighted by atomic mass is 10.1. The highest BCUT2D eigenvalue weighted by Crippen LogP contribution is 2.19. The number of carbonyl (C=O) groups excluding carboxylic acids is 2. The number of rotatable bonds is 4. The molecule has 9 nitrogen and oxygen atoms in total. The number of nitrogens with zero attached hydrogens (tertiary/aromatic N) is 6. The second-order valence-corrected chi connectivity index (χ2v) is 8.77. The van der Waals surface area contributed by atoms with E-state index in [4.69, 9.17) is 16.3 Å². The van der Waals surface area contributed by atoms with Crippen molar-refractivity contribution in [3.63, 3.8) is 0 Å². The van der Waals surface area contributed by atoms with Crippen molar-refractivity contribution in [2.75, 3.05) is 26.2 Å². The van der Waals surface area contributed by atoms with Crippen molar-refractivity contribution in [1.82, 2.24) is 30.0 Å². The summed E-state index contributed by atoms with van der Waals surface area (Å²) in [6.45, 7) is 9.46. The fourth-order valence-electron chi connectivity index (χ4n) is 3.12. The Morgan fingerprint density at radius 2 is 1.84 bits per heavy atom. The molecule has 1 aliphatic heterocycles. The van der Waals surface area contributed by atoms with Crippen LogP contribution in [-0.2, 0) is 16.1 Å². The third kappa shape index (κ3) is 6.52. The van der Waals surface area contributed by atoms with Gasteiger partial charge in [-0.15, -0.1) is 10.2 Å². The van der Waals surface area contributed by atoms with E-state index in [1.807, 2.05) is 32.9 Å². The molecule has 2 amide bonds. The van der Waals surface area contributed by atoms with Gasteiger partial charge in [0.1, 0.15) is 5.60 Å². The van der Waals surface area contributed by atoms with Gasteiger partial charge in [-0.1, -0.05) is 17.7 Å². The zero-order valence-corrected chi connectivity index (χ0v) is 19.0. The van der Waals surface area contributed by atoms with E-state index in [1.54, 1.807) is 28.9 Å². The van der Waals surface area contributed by atoms with Gasteiger partial charge in [0, 0.05) is 37.3 Å². The molecule has 1 aromatic carbocycles. The number of aryl methyl sites for hydroxylation is 1. The van der Waals surface area contributed by atoms with Crippen molar-refractivity contribution in [2.45, 2.75) is 39.8 Å². The molecule has 0 saturated carbocycles. The topological polar surface area (TPSA) is 93.5 Å². The molecule has 2 aromatic rings. The number of ether oxygens (including phenoxy) is 1. The summed E-state index contributed by atoms with van der Waals surface area (Å²) in [6.07, 6.45) is 2.95. The van der Waals surface area contributed by atoms with Crippen molar-refractivity contribution in [3.8, 4) is 0 Å². The number of aromatic nitrogens is 4. The number of tetrazole rings is 1. The zero-order valence-electron chi connectivity index (χ0n) is 18.2. The molecule has 166 valence electrons. The fourth-order valence-corrected chi connectivity index (χ4v) is 3.31. The van der Waals surface area contributed by atoms with Gasteiger partial charge in [-0.2, -0.15) is 4.80 Å². The first-order chi connectivity index (χ1) is 14.6. The van der Waals surface area contributed by atoms with E-state index in [9.17, 15) is 9.59 Å². The predicted molar refractivity (Wildman–Crippen MR) is 117 cm³/mol. The van der Waals surface area contributed by atoms with E-state index in [0.717, 1.165) is 11.1 Å². The Kier molecular flexibility index (Phi) is 6.94. The number of carbonyl (C=O) groups is 2. The van der Waals surface area contributed by atoms with Gasteiger partial charge in [0.2, 0.25) is 5.91 Å². The Bertz CT molecular complexity index is 974. The van der Waals surface area contributed by atoms with Crippen molar-refractivity contribution in [3.05, 3.63) is 46.2 Å². The molecule has 1 aliphatic rings. The number of hydrogen-bond donors (Lipinski definition) is 0. The average molecular weight is 447 g/mol. The van der Waals surface area contributed by atoms with Gasteiger partial charge in [-0.25, -0.2) is 4.79 Å². The first kappa shape index (κ1) is 22.7. The molecule has 1 aromatic heterocycles. The third-order valence-electron chi connectivity index (χ3n) is 4.62. The van der Waals surface area contributed by atoms with E-state index >= 15 is 0 Å². The van der Waals surface area contributed by atoms with Crippen LogP contribution in [0.5, 0.6) is 0 Å². The molecule has 31 heavy (non-hydrogen) atoms. The second kappa shape index (κ2) is 9.47. The van der Waals surface area contributed by atoms with Crippen LogP contribution in [0.15, 0.2) is 24.3 Å². The molecule has 1 fully saturated rings. The second-order valence-electron chi connectivity index (χ2n) is 8.34. The molecule has 0 radical (unpaired) electrons. The van der Waals surface area contributed by atoms with Crippen LogP contribution in [0.25, 0.3) is 6.08 Å². The van der Waals surface area contributed by atoms with Gasteiger partial charge in [-0.3, -0.25) is 4.79 Å². The van der Waals surface area contributed by atoms with E-state index < -0.39 is 5.60 Å². The Morgan fingerprint density at radius 1 is 1.16 bits per heavy atom. The summed E-state index contributed by atoms with van der Waals surface area (Å²) in [7, 11) is 0. The largest absolute Gasteiger partial charge is 0.444 e. The lowest BCUT2D eigenvalue weighted by Crippen LogP contribution is -2.51. The molecule has 0 unspecified atom stereocenters. The molecule has 0 aliphatic carbocycles. The van der Waals surface area contributed by atoms with E-state index in [1.165, 1.54) is 10.9 Å². The minimum atomic E-state index is -0.538. The predicted octanol–water partition coefficient (Wildman–Crippen LogP) is 2.78. The molecule has 10 heteroatoms. The van der Waals surface area contributed by atoms with Crippen LogP contribution in [0.1, 0.15) is 37.7 Å². The quantitative estimate of drug-likeness (QED) is 0.670. The molecule has 0 bridgehead atoms. The highest BCUT2D eigenvalue weighted by molar-refractivity contribution is 6.30. The summed E-state index contributed by atoms with van der Waals surface area (Å²) < 4.78 is 5.39. The highest BCUT2D eigenvalue weighted by atomic mass is 35.5. The molecule has 1 saturated heterocycles. The Labute approximate surface area is 186 Å². The maximum absolute atomic E-state index is 12.7. The van der Waals surface area contributed by atoms with Crippen molar-refractivity contribution >= 4 is 29.7 Å². The van der Waals surface area contributed by atoms with E-state index in [-0.39, 0.29) is 12.0 Å². The summed E-state index contributed by atoms with van der Waals surface area (Å²) in [4.78, 5) is 29.7. The summed E-state index contributed by atoms with van der Waals surface area (Å²) in [5, 5.41) is 12.6. The third-order valence-corrected chi connectivity index (χ3v) is 4.85. The lowest BCUT2D eigenvalue weighted by molar-refractivity contribution is -0.127. The number of amides is 2. The van der Waals surface area contributed by atoms with Crippen molar-refractivity contribution < 1.29 is 14.3 Å². The standard InChI is InChI=1S/C21H27ClN6O3/c1-15-23-25-28(24-15)14-17-13-18(22)7-5-16(17)6-8-19(29)26-9-11-27(12-10-26)20(30)31-21(2,3)4/h5-8,13H,9-12,14H2,1-4H3. The average Bonchev–Trinajstić information content (AvgIpc) is 3.10. The molecule has 0 spiro atoms. The molecule has 0 N–H and O–H groups in total. The molecular weight excluding hydrogens is 420 g/mol. The van der Waals surface area contributed by atoms with Gasteiger partial charge >= 0.3 is 6.09 Å². The van der Waals surface area contributed by atoms with Gasteiger partial charge in [0.15, 0.2) is 5.82 Å². The first-order valence-electron chi connectivity index (χ1n) is 10.1. The normalized spacial score (nSPS) is 14.9. The number of hydrogen-bond acceptors (Lipinski definition) is 6. The van der Waals surface area contributed by atoms with Crippen LogP contribution in [0.4, 0.5) is 4.79 Å². The molecule has 0 atom stereocenters. The molecule has 3 rings (SSSR count). The summed E-state index contributed by atoms with van der Waals surface area (Å²) in [5.74, 6) is 0.472. The number of benzene rings is 1. The Morgan fingerprint density at radius 3 is 2.45 bits per heavy atom. The van der Waals surface area contributed by atoms with Crippen LogP contribution < -0.4 is 0 Å². The van der Waals surface area contributed by atoms with Gasteiger partial charge in [0.25, 0.3) is 0 Å². The number of halogens is 1. The van der Waals surface area contributed by atoms with E-state index in [0.29, 0.717) is 43.6 Å². The maximum atomic E-state index is 12.7. The summed E-state index contributed by atoms with van der Waals surface area (Å²) >= 11 is 6.14. The smallest absolute Gasteiger partial charge is 0.410 e. The minimum absolute atomic E-state index is 0.112. The summed E-state index contributed by atoms with van der Waals surface area (Å²) in [5.41, 5.74) is 1.19. The Hall–Kier alpha value is -2.94. The van der Waals surface area contributed by atoms with Gasteiger partial charge in [-0.05, 0) is 62.2 Å². The van der Waals surface area contributed by atoms with Gasteiger partial charge in [0.05, 0.1) is 6.54 Å². The summed E-state index contributed by atoms with van der Waals surface area (Å²) in [6, 6.07) is 5.45. The monoisotopic (exact) mass is 446 g/mol. The van der Waals surface area contributed by atoms with Crippen molar-refractivity contribution in [1.29, 1.82) is 0 Å². The van der Waals surface area contributed by atoms with Crippen LogP contribution in [-0.4, -0.2) is 73.8 Å². The number of piperazine rings is 1. The van der Waals surface area contributed by atoms with Crippen LogP contribution in [0.2, 0.25) is 5.02 Å². The zero-order chi connectivity index (χ0) is 22.6. The van der Waals surface area contributed by atoms with Crippen LogP contribution >= 0.6 is 11.6 Å². The molecule has 2 heterocycles. The highest BCUT2D eigenvalue weighted by Gasteiger charge is 2.27. The first-order valence-corrected chi connectivity index (χ1v) is 10.5. The Balaban J connectivity index is 1.61. The van der Waals surface area contributed by atoms with Crippen LogP contribution in [0.3, 0.4) is 0 Å². The van der Waals surface area contributed by atoms with E-state index in [2.05, 4.69) is 15.4 Å². The lowest BCUT2D eigenvalue weighted by Gasteiger charge is -2.35. The van der Waals surface area contributed by atoms with Crippen LogP contribution in [0, 0.1) is 6.92 Å². The van der Waals surface area contributed by atoms with Gasteiger partial charge < -0.3 is 14.5 Å². The maximum Gasteiger partial charge on any atom is 0.410 e.